The number of nitrogens with zero attached hydrogens (tertiary/aromatic N) is 3. The minimum absolute atomic E-state index is 0.0761. The summed E-state index contributed by atoms with van der Waals surface area (Å²) in [5.74, 6) is 0.596. The van der Waals surface area contributed by atoms with E-state index in [1.165, 1.54) is 0 Å². The van der Waals surface area contributed by atoms with Crippen LogP contribution in [0.2, 0.25) is 0 Å². The maximum absolute atomic E-state index is 12.2. The monoisotopic (exact) mass is 287 g/mol. The Morgan fingerprint density at radius 1 is 1.48 bits per heavy atom. The summed E-state index contributed by atoms with van der Waals surface area (Å²) >= 11 is 0. The van der Waals surface area contributed by atoms with Crippen LogP contribution in [0.15, 0.2) is 30.6 Å². The third-order valence-corrected chi connectivity index (χ3v) is 3.20. The van der Waals surface area contributed by atoms with E-state index in [1.807, 2.05) is 32.0 Å². The molecule has 21 heavy (non-hydrogen) atoms. The third kappa shape index (κ3) is 3.66. The lowest BCUT2D eigenvalue weighted by Crippen LogP contribution is -2.29. The molecule has 0 aliphatic heterocycles. The molecule has 0 aliphatic rings. The van der Waals surface area contributed by atoms with Crippen molar-refractivity contribution < 1.29 is 4.79 Å². The van der Waals surface area contributed by atoms with Crippen LogP contribution in [0.3, 0.4) is 0 Å². The first-order chi connectivity index (χ1) is 10.1. The Labute approximate surface area is 124 Å². The second kappa shape index (κ2) is 6.99. The molecule has 6 nitrogen and oxygen atoms in total. The van der Waals surface area contributed by atoms with E-state index in [1.54, 1.807) is 17.1 Å². The Balaban J connectivity index is 2.18. The molecule has 6 heteroatoms. The number of nitrogens with two attached hydrogens (primary N) is 1. The second-order valence-electron chi connectivity index (χ2n) is 4.98. The van der Waals surface area contributed by atoms with Crippen molar-refractivity contribution in [3.63, 3.8) is 0 Å². The average molecular weight is 287 g/mol. The minimum Gasteiger partial charge on any atom is -0.352 e. The molecule has 0 aliphatic carbocycles. The first-order valence-corrected chi connectivity index (χ1v) is 7.15. The van der Waals surface area contributed by atoms with Crippen molar-refractivity contribution in [3.8, 4) is 5.82 Å². The van der Waals surface area contributed by atoms with E-state index in [-0.39, 0.29) is 11.9 Å². The van der Waals surface area contributed by atoms with Gasteiger partial charge < -0.3 is 11.1 Å². The van der Waals surface area contributed by atoms with Gasteiger partial charge in [0.15, 0.2) is 5.82 Å². The number of hydrogen-bond donors (Lipinski definition) is 2. The van der Waals surface area contributed by atoms with Crippen molar-refractivity contribution in [2.45, 2.75) is 32.7 Å². The minimum atomic E-state index is -0.116. The van der Waals surface area contributed by atoms with Crippen molar-refractivity contribution >= 4 is 5.91 Å². The number of pyridine rings is 1. The number of carbonyl (C=O) groups excluding carboxylic acids is 1. The number of rotatable bonds is 6. The summed E-state index contributed by atoms with van der Waals surface area (Å²) in [5, 5.41) is 7.17. The van der Waals surface area contributed by atoms with Gasteiger partial charge in [-0.25, -0.2) is 9.67 Å². The molecule has 0 fully saturated rings. The Morgan fingerprint density at radius 3 is 2.90 bits per heavy atom. The summed E-state index contributed by atoms with van der Waals surface area (Å²) in [5.41, 5.74) is 7.12. The number of aromatic nitrogens is 3. The lowest BCUT2D eigenvalue weighted by molar-refractivity contribution is 0.0952. The molecule has 3 N–H and O–H groups in total. The van der Waals surface area contributed by atoms with Gasteiger partial charge in [0, 0.05) is 18.8 Å². The zero-order chi connectivity index (χ0) is 15.2. The van der Waals surface area contributed by atoms with Crippen LogP contribution >= 0.6 is 0 Å². The molecule has 0 spiro atoms. The molecule has 1 unspecified atom stereocenters. The van der Waals surface area contributed by atoms with E-state index in [0.29, 0.717) is 24.3 Å². The van der Waals surface area contributed by atoms with Crippen molar-refractivity contribution in [2.24, 2.45) is 5.73 Å². The molecule has 2 rings (SSSR count). The van der Waals surface area contributed by atoms with Crippen LogP contribution in [-0.2, 0) is 6.42 Å². The van der Waals surface area contributed by atoms with Gasteiger partial charge in [-0.1, -0.05) is 13.0 Å². The second-order valence-corrected chi connectivity index (χ2v) is 4.98. The summed E-state index contributed by atoms with van der Waals surface area (Å²) in [4.78, 5) is 16.5. The topological polar surface area (TPSA) is 85.8 Å². The number of carbonyl (C=O) groups is 1. The SMILES string of the molecule is CCc1c(C(=O)NCCC(C)N)cnn1-c1ccccn1. The highest BCUT2D eigenvalue weighted by Gasteiger charge is 2.17. The van der Waals surface area contributed by atoms with Crippen LogP contribution in [0.4, 0.5) is 0 Å². The summed E-state index contributed by atoms with van der Waals surface area (Å²) in [7, 11) is 0. The van der Waals surface area contributed by atoms with E-state index in [0.717, 1.165) is 12.1 Å². The standard InChI is InChI=1S/C15H21N5O/c1-3-13-12(15(21)18-9-7-11(2)16)10-19-20(13)14-6-4-5-8-17-14/h4-6,8,10-11H,3,7,9,16H2,1-2H3,(H,18,21). The highest BCUT2D eigenvalue weighted by atomic mass is 16.1. The number of hydrogen-bond acceptors (Lipinski definition) is 4. The van der Waals surface area contributed by atoms with Crippen LogP contribution in [0.1, 0.15) is 36.3 Å². The third-order valence-electron chi connectivity index (χ3n) is 3.20. The van der Waals surface area contributed by atoms with Crippen molar-refractivity contribution in [2.75, 3.05) is 6.54 Å². The summed E-state index contributed by atoms with van der Waals surface area (Å²) in [6.45, 7) is 4.48. The van der Waals surface area contributed by atoms with Crippen molar-refractivity contribution in [1.29, 1.82) is 0 Å². The highest BCUT2D eigenvalue weighted by Crippen LogP contribution is 2.14. The molecule has 2 aromatic rings. The van der Waals surface area contributed by atoms with Crippen LogP contribution in [-0.4, -0.2) is 33.3 Å². The van der Waals surface area contributed by atoms with E-state index >= 15 is 0 Å². The number of nitrogens with one attached hydrogen (secondary N) is 1. The Bertz CT molecular complexity index is 591. The zero-order valence-electron chi connectivity index (χ0n) is 12.4. The zero-order valence-corrected chi connectivity index (χ0v) is 12.4. The van der Waals surface area contributed by atoms with Crippen LogP contribution < -0.4 is 11.1 Å². The Morgan fingerprint density at radius 2 is 2.29 bits per heavy atom. The average Bonchev–Trinajstić information content (AvgIpc) is 2.91. The predicted octanol–water partition coefficient (Wildman–Crippen LogP) is 1.30. The molecule has 1 amide bonds. The molecule has 0 saturated heterocycles. The molecule has 1 atom stereocenters. The summed E-state index contributed by atoms with van der Waals surface area (Å²) in [6.07, 6.45) is 4.75. The molecular weight excluding hydrogens is 266 g/mol. The fourth-order valence-corrected chi connectivity index (χ4v) is 2.09. The first kappa shape index (κ1) is 15.2. The van der Waals surface area contributed by atoms with Gasteiger partial charge >= 0.3 is 0 Å². The molecule has 112 valence electrons. The van der Waals surface area contributed by atoms with Gasteiger partial charge in [0.1, 0.15) is 0 Å². The van der Waals surface area contributed by atoms with E-state index < -0.39 is 0 Å². The van der Waals surface area contributed by atoms with Gasteiger partial charge in [-0.05, 0) is 31.9 Å². The molecule has 2 heterocycles. The van der Waals surface area contributed by atoms with E-state index in [2.05, 4.69) is 15.4 Å². The molecule has 0 radical (unpaired) electrons. The molecule has 2 aromatic heterocycles. The van der Waals surface area contributed by atoms with E-state index in [9.17, 15) is 4.79 Å². The Kier molecular flexibility index (Phi) is 5.05. The molecule has 0 saturated carbocycles. The lowest BCUT2D eigenvalue weighted by Gasteiger charge is -2.09. The van der Waals surface area contributed by atoms with Gasteiger partial charge in [-0.2, -0.15) is 5.10 Å². The molecular formula is C15H21N5O. The number of amides is 1. The lowest BCUT2D eigenvalue weighted by atomic mass is 10.2. The van der Waals surface area contributed by atoms with Gasteiger partial charge in [0.2, 0.25) is 0 Å². The largest absolute Gasteiger partial charge is 0.352 e. The van der Waals surface area contributed by atoms with Crippen LogP contribution in [0, 0.1) is 0 Å². The van der Waals surface area contributed by atoms with Gasteiger partial charge in [0.25, 0.3) is 5.91 Å². The summed E-state index contributed by atoms with van der Waals surface area (Å²) in [6, 6.07) is 5.68. The predicted molar refractivity (Wildman–Crippen MR) is 81.3 cm³/mol. The molecule has 0 aromatic carbocycles. The molecule has 0 bridgehead atoms. The Hall–Kier alpha value is -2.21. The fraction of sp³-hybridized carbons (Fsp3) is 0.400. The quantitative estimate of drug-likeness (QED) is 0.838. The fourth-order valence-electron chi connectivity index (χ4n) is 2.09. The van der Waals surface area contributed by atoms with Crippen LogP contribution in [0.25, 0.3) is 5.82 Å². The summed E-state index contributed by atoms with van der Waals surface area (Å²) < 4.78 is 1.71. The normalized spacial score (nSPS) is 12.1. The smallest absolute Gasteiger partial charge is 0.254 e. The maximum Gasteiger partial charge on any atom is 0.254 e. The first-order valence-electron chi connectivity index (χ1n) is 7.15. The van der Waals surface area contributed by atoms with Crippen molar-refractivity contribution in [1.82, 2.24) is 20.1 Å². The van der Waals surface area contributed by atoms with Gasteiger partial charge in [-0.15, -0.1) is 0 Å². The maximum atomic E-state index is 12.2. The highest BCUT2D eigenvalue weighted by molar-refractivity contribution is 5.95. The van der Waals surface area contributed by atoms with Crippen molar-refractivity contribution in [3.05, 3.63) is 41.9 Å². The van der Waals surface area contributed by atoms with Crippen LogP contribution in [0.5, 0.6) is 0 Å². The van der Waals surface area contributed by atoms with Gasteiger partial charge in [-0.3, -0.25) is 4.79 Å². The van der Waals surface area contributed by atoms with E-state index in [4.69, 9.17) is 5.73 Å². The van der Waals surface area contributed by atoms with Gasteiger partial charge in [0.05, 0.1) is 17.5 Å².